The number of aromatic nitrogens is 2. The van der Waals surface area contributed by atoms with E-state index in [0.717, 1.165) is 5.56 Å². The molecule has 1 aromatic carbocycles. The number of anilines is 3. The number of hydrazine groups is 1. The van der Waals surface area contributed by atoms with Gasteiger partial charge in [-0.25, -0.2) is 15.2 Å². The van der Waals surface area contributed by atoms with Crippen LogP contribution in [0.15, 0.2) is 24.4 Å². The minimum absolute atomic E-state index is 0.241. The Labute approximate surface area is 108 Å². The number of rotatable bonds is 3. The van der Waals surface area contributed by atoms with Crippen LogP contribution in [0.3, 0.4) is 0 Å². The second-order valence-electron chi connectivity index (χ2n) is 3.62. The van der Waals surface area contributed by atoms with Gasteiger partial charge in [-0.2, -0.15) is 4.98 Å². The third-order valence-electron chi connectivity index (χ3n) is 2.28. The highest BCUT2D eigenvalue weighted by atomic mass is 35.5. The Balaban J connectivity index is 2.36. The third kappa shape index (κ3) is 2.66. The van der Waals surface area contributed by atoms with E-state index in [1.807, 2.05) is 0 Å². The summed E-state index contributed by atoms with van der Waals surface area (Å²) in [7, 11) is 0. The molecule has 0 atom stereocenters. The van der Waals surface area contributed by atoms with Crippen LogP contribution in [0.2, 0.25) is 5.02 Å². The molecule has 0 saturated carbocycles. The number of nitrogen functional groups attached to an aromatic ring is 1. The van der Waals surface area contributed by atoms with Crippen molar-refractivity contribution >= 4 is 29.1 Å². The van der Waals surface area contributed by atoms with Crippen LogP contribution in [0.1, 0.15) is 5.56 Å². The molecule has 18 heavy (non-hydrogen) atoms. The van der Waals surface area contributed by atoms with Crippen LogP contribution in [0, 0.1) is 12.7 Å². The fraction of sp³-hybridized carbons (Fsp3) is 0.0909. The summed E-state index contributed by atoms with van der Waals surface area (Å²) in [6.07, 6.45) is 1.58. The van der Waals surface area contributed by atoms with E-state index in [1.54, 1.807) is 13.1 Å². The maximum atomic E-state index is 13.6. The lowest BCUT2D eigenvalue weighted by molar-refractivity contribution is 0.632. The van der Waals surface area contributed by atoms with Crippen LogP contribution >= 0.6 is 11.6 Å². The van der Waals surface area contributed by atoms with Gasteiger partial charge in [0.2, 0.25) is 5.95 Å². The van der Waals surface area contributed by atoms with Gasteiger partial charge in [-0.15, -0.1) is 0 Å². The lowest BCUT2D eigenvalue weighted by atomic mass is 10.3. The number of halogens is 2. The smallest absolute Gasteiger partial charge is 0.239 e. The Morgan fingerprint density at radius 3 is 2.89 bits per heavy atom. The zero-order valence-corrected chi connectivity index (χ0v) is 10.3. The number of hydrogen-bond donors (Lipinski definition) is 3. The summed E-state index contributed by atoms with van der Waals surface area (Å²) in [6, 6.07) is 4.24. The van der Waals surface area contributed by atoms with Gasteiger partial charge in [-0.05, 0) is 25.1 Å². The molecule has 0 bridgehead atoms. The van der Waals surface area contributed by atoms with Gasteiger partial charge in [0.15, 0.2) is 0 Å². The molecule has 1 aromatic heterocycles. The third-order valence-corrected chi connectivity index (χ3v) is 2.52. The number of aryl methyl sites for hydroxylation is 1. The Morgan fingerprint density at radius 2 is 2.17 bits per heavy atom. The van der Waals surface area contributed by atoms with Gasteiger partial charge in [0, 0.05) is 16.8 Å². The van der Waals surface area contributed by atoms with E-state index in [2.05, 4.69) is 20.7 Å². The van der Waals surface area contributed by atoms with E-state index in [4.69, 9.17) is 17.4 Å². The minimum Gasteiger partial charge on any atom is -0.337 e. The standard InChI is InChI=1S/C11H11ClFN5/c1-6-5-15-11(18-14)17-10(6)16-9-4-7(12)2-3-8(9)13/h2-5H,14H2,1H3,(H2,15,16,17,18). The molecular weight excluding hydrogens is 257 g/mol. The Kier molecular flexibility index (Phi) is 3.59. The molecule has 0 aliphatic rings. The zero-order valence-electron chi connectivity index (χ0n) is 9.54. The number of hydrogen-bond acceptors (Lipinski definition) is 5. The highest BCUT2D eigenvalue weighted by Gasteiger charge is 2.07. The van der Waals surface area contributed by atoms with Gasteiger partial charge in [0.05, 0.1) is 5.69 Å². The first-order valence-corrected chi connectivity index (χ1v) is 5.50. The van der Waals surface area contributed by atoms with Gasteiger partial charge in [0.25, 0.3) is 0 Å². The molecule has 0 spiro atoms. The summed E-state index contributed by atoms with van der Waals surface area (Å²) in [4.78, 5) is 8.02. The fourth-order valence-corrected chi connectivity index (χ4v) is 1.53. The first-order valence-electron chi connectivity index (χ1n) is 5.12. The van der Waals surface area contributed by atoms with E-state index in [9.17, 15) is 4.39 Å². The zero-order chi connectivity index (χ0) is 13.1. The van der Waals surface area contributed by atoms with E-state index in [0.29, 0.717) is 10.8 Å². The van der Waals surface area contributed by atoms with E-state index >= 15 is 0 Å². The van der Waals surface area contributed by atoms with Gasteiger partial charge < -0.3 is 5.32 Å². The summed E-state index contributed by atoms with van der Waals surface area (Å²) < 4.78 is 13.6. The molecule has 0 aliphatic heterocycles. The maximum Gasteiger partial charge on any atom is 0.239 e. The minimum atomic E-state index is -0.417. The van der Waals surface area contributed by atoms with E-state index in [1.165, 1.54) is 18.2 Å². The van der Waals surface area contributed by atoms with Crippen molar-refractivity contribution < 1.29 is 4.39 Å². The van der Waals surface area contributed by atoms with Crippen molar-refractivity contribution in [3.05, 3.63) is 40.8 Å². The number of nitrogens with two attached hydrogens (primary N) is 1. The quantitative estimate of drug-likeness (QED) is 0.589. The molecule has 0 radical (unpaired) electrons. The van der Waals surface area contributed by atoms with E-state index < -0.39 is 5.82 Å². The van der Waals surface area contributed by atoms with Crippen molar-refractivity contribution in [2.75, 3.05) is 10.7 Å². The average Bonchev–Trinajstić information content (AvgIpc) is 2.36. The number of nitrogens with zero attached hydrogens (tertiary/aromatic N) is 2. The average molecular weight is 268 g/mol. The fourth-order valence-electron chi connectivity index (χ4n) is 1.36. The van der Waals surface area contributed by atoms with Crippen LogP contribution in [-0.2, 0) is 0 Å². The summed E-state index contributed by atoms with van der Waals surface area (Å²) in [5, 5.41) is 3.28. The van der Waals surface area contributed by atoms with Crippen molar-refractivity contribution in [3.63, 3.8) is 0 Å². The summed E-state index contributed by atoms with van der Waals surface area (Å²) in [6.45, 7) is 1.80. The predicted octanol–water partition coefficient (Wildman–Crippen LogP) is 2.61. The Bertz CT molecular complexity index is 575. The Morgan fingerprint density at radius 1 is 1.39 bits per heavy atom. The SMILES string of the molecule is Cc1cnc(NN)nc1Nc1cc(Cl)ccc1F. The molecule has 5 nitrogen and oxygen atoms in total. The second-order valence-corrected chi connectivity index (χ2v) is 4.06. The Hall–Kier alpha value is -1.92. The van der Waals surface area contributed by atoms with Crippen molar-refractivity contribution in [2.24, 2.45) is 5.84 Å². The van der Waals surface area contributed by atoms with Crippen LogP contribution in [0.5, 0.6) is 0 Å². The predicted molar refractivity (Wildman–Crippen MR) is 69.3 cm³/mol. The lowest BCUT2D eigenvalue weighted by Crippen LogP contribution is -2.11. The highest BCUT2D eigenvalue weighted by molar-refractivity contribution is 6.30. The molecule has 2 rings (SSSR count). The summed E-state index contributed by atoms with van der Waals surface area (Å²) in [5.41, 5.74) is 3.32. The van der Waals surface area contributed by atoms with Crippen molar-refractivity contribution in [3.8, 4) is 0 Å². The topological polar surface area (TPSA) is 75.9 Å². The molecule has 4 N–H and O–H groups in total. The van der Waals surface area contributed by atoms with E-state index in [-0.39, 0.29) is 11.6 Å². The van der Waals surface area contributed by atoms with Crippen LogP contribution in [-0.4, -0.2) is 9.97 Å². The van der Waals surface area contributed by atoms with Gasteiger partial charge in [-0.3, -0.25) is 5.43 Å². The largest absolute Gasteiger partial charge is 0.337 e. The molecule has 1 heterocycles. The number of benzene rings is 1. The molecular formula is C11H11ClFN5. The molecule has 0 fully saturated rings. The molecule has 0 saturated heterocycles. The van der Waals surface area contributed by atoms with Gasteiger partial charge in [0.1, 0.15) is 11.6 Å². The molecule has 0 unspecified atom stereocenters. The molecule has 2 aromatic rings. The maximum absolute atomic E-state index is 13.6. The van der Waals surface area contributed by atoms with Crippen LogP contribution in [0.25, 0.3) is 0 Å². The molecule has 7 heteroatoms. The first kappa shape index (κ1) is 12.5. The lowest BCUT2D eigenvalue weighted by Gasteiger charge is -2.10. The second kappa shape index (κ2) is 5.16. The van der Waals surface area contributed by atoms with Crippen molar-refractivity contribution in [2.45, 2.75) is 6.92 Å². The summed E-state index contributed by atoms with van der Waals surface area (Å²) >= 11 is 5.81. The molecule has 0 aliphatic carbocycles. The summed E-state index contributed by atoms with van der Waals surface area (Å²) in [5.74, 6) is 5.50. The molecule has 94 valence electrons. The normalized spacial score (nSPS) is 10.2. The monoisotopic (exact) mass is 267 g/mol. The van der Waals surface area contributed by atoms with Crippen molar-refractivity contribution in [1.82, 2.24) is 9.97 Å². The van der Waals surface area contributed by atoms with Crippen LogP contribution in [0.4, 0.5) is 21.8 Å². The van der Waals surface area contributed by atoms with Crippen molar-refractivity contribution in [1.29, 1.82) is 0 Å². The van der Waals surface area contributed by atoms with Gasteiger partial charge in [-0.1, -0.05) is 11.6 Å². The highest BCUT2D eigenvalue weighted by Crippen LogP contribution is 2.24. The number of nitrogens with one attached hydrogen (secondary N) is 2. The van der Waals surface area contributed by atoms with Crippen LogP contribution < -0.4 is 16.6 Å². The van der Waals surface area contributed by atoms with Gasteiger partial charge >= 0.3 is 0 Å². The molecule has 0 amide bonds. The first-order chi connectivity index (χ1) is 8.60.